The van der Waals surface area contributed by atoms with Gasteiger partial charge < -0.3 is 5.32 Å². The van der Waals surface area contributed by atoms with Gasteiger partial charge in [0.25, 0.3) is 0 Å². The molecule has 0 saturated carbocycles. The van der Waals surface area contributed by atoms with Crippen molar-refractivity contribution in [3.63, 3.8) is 0 Å². The summed E-state index contributed by atoms with van der Waals surface area (Å²) in [5.41, 5.74) is 1.05. The number of ketones is 1. The summed E-state index contributed by atoms with van der Waals surface area (Å²) >= 11 is 0. The average Bonchev–Trinajstić information content (AvgIpc) is 2.38. The van der Waals surface area contributed by atoms with Crippen molar-refractivity contribution in [3.8, 4) is 0 Å². The van der Waals surface area contributed by atoms with Crippen molar-refractivity contribution in [2.24, 2.45) is 0 Å². The lowest BCUT2D eigenvalue weighted by Crippen LogP contribution is -2.46. The molecule has 0 spiro atoms. The van der Waals surface area contributed by atoms with Crippen LogP contribution in [-0.4, -0.2) is 42.3 Å². The van der Waals surface area contributed by atoms with Crippen LogP contribution in [0, 0.1) is 0 Å². The van der Waals surface area contributed by atoms with E-state index in [0.29, 0.717) is 19.0 Å². The van der Waals surface area contributed by atoms with E-state index in [9.17, 15) is 9.59 Å². The number of hydrogen-bond acceptors (Lipinski definition) is 3. The first-order valence-corrected chi connectivity index (χ1v) is 6.94. The Balaban J connectivity index is 2.59. The summed E-state index contributed by atoms with van der Waals surface area (Å²) in [7, 11) is 1.89. The molecule has 20 heavy (non-hydrogen) atoms. The molecule has 0 bridgehead atoms. The Labute approximate surface area is 121 Å². The number of Topliss-reactive ketones (excluding diaryl/α,β-unsaturated/α-hetero) is 1. The molecule has 0 aliphatic heterocycles. The lowest BCUT2D eigenvalue weighted by Gasteiger charge is -2.22. The third kappa shape index (κ3) is 5.53. The van der Waals surface area contributed by atoms with Crippen molar-refractivity contribution >= 4 is 11.7 Å². The predicted molar refractivity (Wildman–Crippen MR) is 80.5 cm³/mol. The van der Waals surface area contributed by atoms with Gasteiger partial charge in [-0.15, -0.1) is 0 Å². The monoisotopic (exact) mass is 276 g/mol. The molecular weight excluding hydrogens is 252 g/mol. The Bertz CT molecular complexity index is 443. The molecule has 0 aromatic heterocycles. The van der Waals surface area contributed by atoms with Crippen molar-refractivity contribution in [2.75, 3.05) is 13.6 Å². The predicted octanol–water partition coefficient (Wildman–Crippen LogP) is 1.64. The lowest BCUT2D eigenvalue weighted by molar-refractivity contribution is -0.127. The zero-order valence-corrected chi connectivity index (χ0v) is 12.7. The number of carbonyl (C=O) groups is 2. The number of rotatable bonds is 7. The zero-order chi connectivity index (χ0) is 15.1. The fraction of sp³-hybridized carbons (Fsp3) is 0.500. The Morgan fingerprint density at radius 2 is 1.80 bits per heavy atom. The number of amides is 1. The molecule has 0 radical (unpaired) electrons. The zero-order valence-electron chi connectivity index (χ0n) is 12.7. The number of likely N-dealkylation sites (N-methyl/N-ethyl adjacent to an activating group) is 1. The molecule has 0 aliphatic carbocycles. The topological polar surface area (TPSA) is 49.4 Å². The normalized spacial score (nSPS) is 12.5. The van der Waals surface area contributed by atoms with E-state index in [1.165, 1.54) is 6.92 Å². The molecule has 1 aromatic carbocycles. The minimum atomic E-state index is -0.453. The molecule has 0 heterocycles. The largest absolute Gasteiger partial charge is 0.345 e. The molecule has 4 heteroatoms. The van der Waals surface area contributed by atoms with Crippen LogP contribution in [0.1, 0.15) is 26.3 Å². The fourth-order valence-corrected chi connectivity index (χ4v) is 1.80. The molecule has 0 aliphatic rings. The number of benzene rings is 1. The van der Waals surface area contributed by atoms with Crippen molar-refractivity contribution < 1.29 is 9.59 Å². The van der Waals surface area contributed by atoms with Gasteiger partial charge in [0.2, 0.25) is 5.91 Å². The molecular formula is C16H24N2O2. The van der Waals surface area contributed by atoms with Crippen LogP contribution in [0.3, 0.4) is 0 Å². The van der Waals surface area contributed by atoms with E-state index >= 15 is 0 Å². The van der Waals surface area contributed by atoms with Gasteiger partial charge in [-0.3, -0.25) is 14.5 Å². The maximum atomic E-state index is 12.0. The van der Waals surface area contributed by atoms with E-state index in [1.54, 1.807) is 0 Å². The highest BCUT2D eigenvalue weighted by Gasteiger charge is 2.18. The first-order chi connectivity index (χ1) is 9.40. The van der Waals surface area contributed by atoms with E-state index in [1.807, 2.05) is 56.1 Å². The minimum Gasteiger partial charge on any atom is -0.345 e. The van der Waals surface area contributed by atoms with E-state index in [2.05, 4.69) is 5.32 Å². The van der Waals surface area contributed by atoms with Crippen LogP contribution < -0.4 is 5.32 Å². The van der Waals surface area contributed by atoms with Gasteiger partial charge in [-0.05, 0) is 39.8 Å². The lowest BCUT2D eigenvalue weighted by atomic mass is 10.0. The summed E-state index contributed by atoms with van der Waals surface area (Å²) in [5, 5.41) is 2.82. The second-order valence-corrected chi connectivity index (χ2v) is 5.43. The molecule has 1 atom stereocenters. The second kappa shape index (κ2) is 7.80. The SMILES string of the molecule is CC(=O)C(Cc1ccccc1)NC(=O)CN(C)C(C)C. The van der Waals surface area contributed by atoms with Gasteiger partial charge in [-0.1, -0.05) is 30.3 Å². The van der Waals surface area contributed by atoms with Gasteiger partial charge in [0.15, 0.2) is 5.78 Å². The van der Waals surface area contributed by atoms with Crippen LogP contribution in [0.5, 0.6) is 0 Å². The first-order valence-electron chi connectivity index (χ1n) is 6.94. The van der Waals surface area contributed by atoms with E-state index in [0.717, 1.165) is 5.56 Å². The minimum absolute atomic E-state index is 0.0191. The van der Waals surface area contributed by atoms with Crippen LogP contribution in [0.4, 0.5) is 0 Å². The molecule has 4 nitrogen and oxygen atoms in total. The van der Waals surface area contributed by atoms with E-state index < -0.39 is 6.04 Å². The molecule has 1 rings (SSSR count). The number of carbonyl (C=O) groups excluding carboxylic acids is 2. The van der Waals surface area contributed by atoms with Crippen LogP contribution >= 0.6 is 0 Å². The summed E-state index contributed by atoms with van der Waals surface area (Å²) in [6.45, 7) is 5.87. The van der Waals surface area contributed by atoms with Crippen molar-refractivity contribution in [1.29, 1.82) is 0 Å². The summed E-state index contributed by atoms with van der Waals surface area (Å²) in [5.74, 6) is -0.133. The summed E-state index contributed by atoms with van der Waals surface area (Å²) < 4.78 is 0. The van der Waals surface area contributed by atoms with Gasteiger partial charge in [-0.25, -0.2) is 0 Å². The van der Waals surface area contributed by atoms with Crippen LogP contribution in [0.15, 0.2) is 30.3 Å². The summed E-state index contributed by atoms with van der Waals surface area (Å²) in [6, 6.07) is 9.56. The molecule has 1 aromatic rings. The van der Waals surface area contributed by atoms with Crippen LogP contribution in [-0.2, 0) is 16.0 Å². The fourth-order valence-electron chi connectivity index (χ4n) is 1.80. The van der Waals surface area contributed by atoms with Gasteiger partial charge in [0.05, 0.1) is 12.6 Å². The summed E-state index contributed by atoms with van der Waals surface area (Å²) in [4.78, 5) is 25.6. The number of hydrogen-bond donors (Lipinski definition) is 1. The highest BCUT2D eigenvalue weighted by Crippen LogP contribution is 2.04. The van der Waals surface area contributed by atoms with Gasteiger partial charge in [0.1, 0.15) is 0 Å². The molecule has 0 saturated heterocycles. The Morgan fingerprint density at radius 3 is 2.30 bits per heavy atom. The smallest absolute Gasteiger partial charge is 0.234 e. The first kappa shape index (κ1) is 16.4. The molecule has 1 N–H and O–H groups in total. The quantitative estimate of drug-likeness (QED) is 0.823. The molecule has 1 amide bonds. The van der Waals surface area contributed by atoms with E-state index in [4.69, 9.17) is 0 Å². The number of nitrogens with zero attached hydrogens (tertiary/aromatic N) is 1. The Hall–Kier alpha value is -1.68. The Morgan fingerprint density at radius 1 is 1.20 bits per heavy atom. The average molecular weight is 276 g/mol. The highest BCUT2D eigenvalue weighted by atomic mass is 16.2. The second-order valence-electron chi connectivity index (χ2n) is 5.43. The van der Waals surface area contributed by atoms with Gasteiger partial charge in [-0.2, -0.15) is 0 Å². The van der Waals surface area contributed by atoms with Crippen molar-refractivity contribution in [2.45, 2.75) is 39.3 Å². The van der Waals surface area contributed by atoms with E-state index in [-0.39, 0.29) is 11.7 Å². The summed E-state index contributed by atoms with van der Waals surface area (Å²) in [6.07, 6.45) is 0.535. The standard InChI is InChI=1S/C16H24N2O2/c1-12(2)18(4)11-16(20)17-15(13(3)19)10-14-8-6-5-7-9-14/h5-9,12,15H,10-11H2,1-4H3,(H,17,20). The molecule has 110 valence electrons. The van der Waals surface area contributed by atoms with Gasteiger partial charge >= 0.3 is 0 Å². The van der Waals surface area contributed by atoms with Crippen molar-refractivity contribution in [3.05, 3.63) is 35.9 Å². The maximum absolute atomic E-state index is 12.0. The maximum Gasteiger partial charge on any atom is 0.234 e. The van der Waals surface area contributed by atoms with Gasteiger partial charge in [0, 0.05) is 6.04 Å². The third-order valence-electron chi connectivity index (χ3n) is 3.38. The third-order valence-corrected chi connectivity index (χ3v) is 3.38. The molecule has 0 fully saturated rings. The Kier molecular flexibility index (Phi) is 6.39. The van der Waals surface area contributed by atoms with Crippen LogP contribution in [0.2, 0.25) is 0 Å². The van der Waals surface area contributed by atoms with Crippen LogP contribution in [0.25, 0.3) is 0 Å². The highest BCUT2D eigenvalue weighted by molar-refractivity contribution is 5.88. The number of nitrogens with one attached hydrogen (secondary N) is 1. The molecule has 1 unspecified atom stereocenters. The van der Waals surface area contributed by atoms with Crippen molar-refractivity contribution in [1.82, 2.24) is 10.2 Å².